The molecular weight excluding hydrogens is 316 g/mol. The second-order valence-corrected chi connectivity index (χ2v) is 6.55. The molecule has 6 nitrogen and oxygen atoms in total. The Morgan fingerprint density at radius 1 is 1.32 bits per heavy atom. The van der Waals surface area contributed by atoms with Crippen LogP contribution >= 0.6 is 0 Å². The molecular formula is C19H26N4O2. The van der Waals surface area contributed by atoms with E-state index in [9.17, 15) is 4.79 Å². The zero-order chi connectivity index (χ0) is 17.8. The highest BCUT2D eigenvalue weighted by atomic mass is 16.5. The van der Waals surface area contributed by atoms with Gasteiger partial charge in [0, 0.05) is 43.7 Å². The van der Waals surface area contributed by atoms with Crippen LogP contribution in [0.4, 0.5) is 5.69 Å². The molecule has 0 unspecified atom stereocenters. The molecule has 25 heavy (non-hydrogen) atoms. The van der Waals surface area contributed by atoms with Crippen LogP contribution in [0.5, 0.6) is 0 Å². The van der Waals surface area contributed by atoms with Crippen LogP contribution in [-0.2, 0) is 11.3 Å². The molecule has 0 bridgehead atoms. The Balaban J connectivity index is 1.51. The van der Waals surface area contributed by atoms with Crippen LogP contribution in [0.1, 0.15) is 28.2 Å². The Hall–Kier alpha value is -2.34. The first kappa shape index (κ1) is 17.5. The van der Waals surface area contributed by atoms with Crippen molar-refractivity contribution < 1.29 is 9.53 Å². The maximum atomic E-state index is 12.3. The summed E-state index contributed by atoms with van der Waals surface area (Å²) in [6.07, 6.45) is 1.35. The fraction of sp³-hybridized carbons (Fsp3) is 0.474. The van der Waals surface area contributed by atoms with Crippen molar-refractivity contribution in [2.24, 2.45) is 0 Å². The van der Waals surface area contributed by atoms with Gasteiger partial charge < -0.3 is 15.0 Å². The summed E-state index contributed by atoms with van der Waals surface area (Å²) in [6.45, 7) is 7.13. The Bertz CT molecular complexity index is 724. The first-order valence-corrected chi connectivity index (χ1v) is 8.74. The number of ether oxygens (including phenoxy) is 1. The molecule has 0 saturated carbocycles. The number of benzene rings is 1. The normalized spacial score (nSPS) is 17.1. The number of carbonyl (C=O) groups excluding carboxylic acids is 1. The van der Waals surface area contributed by atoms with E-state index in [1.54, 1.807) is 7.11 Å². The number of methoxy groups -OCH3 is 1. The summed E-state index contributed by atoms with van der Waals surface area (Å²) < 4.78 is 7.32. The smallest absolute Gasteiger partial charge is 0.251 e. The molecule has 134 valence electrons. The number of hydrogen-bond acceptors (Lipinski definition) is 4. The van der Waals surface area contributed by atoms with E-state index in [1.165, 1.54) is 0 Å². The van der Waals surface area contributed by atoms with Gasteiger partial charge in [-0.2, -0.15) is 5.10 Å². The van der Waals surface area contributed by atoms with Crippen LogP contribution in [0.15, 0.2) is 30.3 Å². The first-order valence-electron chi connectivity index (χ1n) is 8.74. The molecule has 0 spiro atoms. The fourth-order valence-electron chi connectivity index (χ4n) is 3.26. The summed E-state index contributed by atoms with van der Waals surface area (Å²) in [5.74, 6) is -0.0516. The second-order valence-electron chi connectivity index (χ2n) is 6.55. The van der Waals surface area contributed by atoms with Gasteiger partial charge in [-0.25, -0.2) is 0 Å². The summed E-state index contributed by atoms with van der Waals surface area (Å²) in [5.41, 5.74) is 3.92. The largest absolute Gasteiger partial charge is 0.380 e. The van der Waals surface area contributed by atoms with Crippen molar-refractivity contribution >= 4 is 11.6 Å². The molecule has 1 saturated heterocycles. The molecule has 1 atom stereocenters. The topological polar surface area (TPSA) is 59.4 Å². The molecule has 1 aliphatic heterocycles. The van der Waals surface area contributed by atoms with Crippen LogP contribution in [0.25, 0.3) is 0 Å². The zero-order valence-corrected chi connectivity index (χ0v) is 15.2. The summed E-state index contributed by atoms with van der Waals surface area (Å²) in [7, 11) is 1.76. The lowest BCUT2D eigenvalue weighted by Crippen LogP contribution is -2.28. The minimum absolute atomic E-state index is 0.0516. The van der Waals surface area contributed by atoms with E-state index in [2.05, 4.69) is 15.3 Å². The summed E-state index contributed by atoms with van der Waals surface area (Å²) in [4.78, 5) is 14.6. The van der Waals surface area contributed by atoms with E-state index in [0.717, 1.165) is 36.6 Å². The van der Waals surface area contributed by atoms with Gasteiger partial charge in [0.1, 0.15) is 0 Å². The highest BCUT2D eigenvalue weighted by Gasteiger charge is 2.22. The number of rotatable bonds is 6. The molecule has 2 heterocycles. The maximum absolute atomic E-state index is 12.3. The first-order chi connectivity index (χ1) is 12.1. The average molecular weight is 342 g/mol. The number of carbonyl (C=O) groups is 1. The highest BCUT2D eigenvalue weighted by Crippen LogP contribution is 2.22. The van der Waals surface area contributed by atoms with Gasteiger partial charge >= 0.3 is 0 Å². The Labute approximate surface area is 148 Å². The van der Waals surface area contributed by atoms with Gasteiger partial charge in [-0.3, -0.25) is 9.48 Å². The van der Waals surface area contributed by atoms with Crippen molar-refractivity contribution in [3.8, 4) is 0 Å². The zero-order valence-electron chi connectivity index (χ0n) is 15.2. The van der Waals surface area contributed by atoms with E-state index in [4.69, 9.17) is 4.74 Å². The Kier molecular flexibility index (Phi) is 5.38. The average Bonchev–Trinajstić information content (AvgIpc) is 3.21. The summed E-state index contributed by atoms with van der Waals surface area (Å²) in [5, 5.41) is 7.35. The number of aromatic nitrogens is 2. The van der Waals surface area contributed by atoms with Crippen molar-refractivity contribution in [3.63, 3.8) is 0 Å². The molecule has 1 amide bonds. The van der Waals surface area contributed by atoms with Crippen molar-refractivity contribution in [1.82, 2.24) is 15.1 Å². The predicted molar refractivity (Wildman–Crippen MR) is 98.1 cm³/mol. The second kappa shape index (κ2) is 7.70. The molecule has 1 aromatic heterocycles. The number of hydrogen-bond donors (Lipinski definition) is 1. The van der Waals surface area contributed by atoms with Crippen LogP contribution in [0.2, 0.25) is 0 Å². The van der Waals surface area contributed by atoms with Crippen molar-refractivity contribution in [1.29, 1.82) is 0 Å². The number of nitrogens with one attached hydrogen (secondary N) is 1. The molecule has 1 N–H and O–H groups in total. The van der Waals surface area contributed by atoms with Crippen molar-refractivity contribution in [3.05, 3.63) is 47.3 Å². The minimum atomic E-state index is -0.0516. The van der Waals surface area contributed by atoms with E-state index < -0.39 is 0 Å². The lowest BCUT2D eigenvalue weighted by atomic mass is 10.2. The van der Waals surface area contributed by atoms with Gasteiger partial charge in [-0.05, 0) is 50.6 Å². The van der Waals surface area contributed by atoms with Crippen molar-refractivity contribution in [2.45, 2.75) is 32.9 Å². The van der Waals surface area contributed by atoms with Crippen molar-refractivity contribution in [2.75, 3.05) is 31.6 Å². The minimum Gasteiger partial charge on any atom is -0.380 e. The number of nitrogens with zero attached hydrogens (tertiary/aromatic N) is 3. The van der Waals surface area contributed by atoms with Crippen LogP contribution in [0, 0.1) is 13.8 Å². The molecule has 2 aromatic rings. The molecule has 0 radical (unpaired) electrons. The van der Waals surface area contributed by atoms with Crippen LogP contribution < -0.4 is 10.2 Å². The third kappa shape index (κ3) is 4.20. The monoisotopic (exact) mass is 342 g/mol. The maximum Gasteiger partial charge on any atom is 0.251 e. The number of aryl methyl sites for hydroxylation is 2. The number of anilines is 1. The summed E-state index contributed by atoms with van der Waals surface area (Å²) >= 11 is 0. The SMILES string of the molecule is CO[C@H]1CCN(c2ccc(C(=O)NCCn3nc(C)cc3C)cc2)C1. The molecule has 3 rings (SSSR count). The number of amides is 1. The van der Waals surface area contributed by atoms with Crippen LogP contribution in [-0.4, -0.2) is 48.5 Å². The van der Waals surface area contributed by atoms with Gasteiger partial charge in [0.15, 0.2) is 0 Å². The van der Waals surface area contributed by atoms with E-state index in [-0.39, 0.29) is 5.91 Å². The summed E-state index contributed by atoms with van der Waals surface area (Å²) in [6, 6.07) is 9.82. The predicted octanol–water partition coefficient (Wildman–Crippen LogP) is 2.16. The highest BCUT2D eigenvalue weighted by molar-refractivity contribution is 5.94. The van der Waals surface area contributed by atoms with E-state index in [1.807, 2.05) is 48.9 Å². The quantitative estimate of drug-likeness (QED) is 0.874. The third-order valence-corrected chi connectivity index (χ3v) is 4.69. The van der Waals surface area contributed by atoms with Gasteiger partial charge in [0.25, 0.3) is 5.91 Å². The molecule has 1 aliphatic rings. The fourth-order valence-corrected chi connectivity index (χ4v) is 3.26. The Morgan fingerprint density at radius 3 is 2.68 bits per heavy atom. The molecule has 0 aliphatic carbocycles. The molecule has 1 aromatic carbocycles. The van der Waals surface area contributed by atoms with E-state index in [0.29, 0.717) is 24.8 Å². The lowest BCUT2D eigenvalue weighted by Gasteiger charge is -2.18. The lowest BCUT2D eigenvalue weighted by molar-refractivity contribution is 0.0952. The van der Waals surface area contributed by atoms with Gasteiger partial charge in [-0.15, -0.1) is 0 Å². The van der Waals surface area contributed by atoms with E-state index >= 15 is 0 Å². The van der Waals surface area contributed by atoms with Gasteiger partial charge in [0.05, 0.1) is 18.3 Å². The standard InChI is InChI=1S/C19H26N4O2/c1-14-12-15(2)23(21-14)11-9-20-19(24)16-4-6-17(7-5-16)22-10-8-18(13-22)25-3/h4-7,12,18H,8-11,13H2,1-3H3,(H,20,24)/t18-/m0/s1. The third-order valence-electron chi connectivity index (χ3n) is 4.69. The van der Waals surface area contributed by atoms with Gasteiger partial charge in [0.2, 0.25) is 0 Å². The Morgan fingerprint density at radius 2 is 2.08 bits per heavy atom. The molecule has 6 heteroatoms. The van der Waals surface area contributed by atoms with Gasteiger partial charge in [-0.1, -0.05) is 0 Å². The molecule has 1 fully saturated rings. The van der Waals surface area contributed by atoms with Crippen LogP contribution in [0.3, 0.4) is 0 Å².